The summed E-state index contributed by atoms with van der Waals surface area (Å²) < 4.78 is 5.92. The van der Waals surface area contributed by atoms with E-state index in [1.165, 1.54) is 4.90 Å². The largest absolute Gasteiger partial charge is 0.456 e. The van der Waals surface area contributed by atoms with Crippen LogP contribution >= 0.6 is 24.0 Å². The summed E-state index contributed by atoms with van der Waals surface area (Å²) in [4.78, 5) is 5.86. The summed E-state index contributed by atoms with van der Waals surface area (Å²) in [6.07, 6.45) is 2.04. The molecular formula is C15H16N2OS2. The van der Waals surface area contributed by atoms with Gasteiger partial charge < -0.3 is 10.5 Å². The van der Waals surface area contributed by atoms with E-state index in [0.717, 1.165) is 17.1 Å². The molecule has 2 aromatic rings. The highest BCUT2D eigenvalue weighted by Gasteiger charge is 2.13. The van der Waals surface area contributed by atoms with E-state index < -0.39 is 0 Å². The second-order valence-corrected chi connectivity index (χ2v) is 5.68. The first-order valence-electron chi connectivity index (χ1n) is 6.11. The van der Waals surface area contributed by atoms with Gasteiger partial charge in [-0.1, -0.05) is 12.2 Å². The molecule has 0 aliphatic heterocycles. The summed E-state index contributed by atoms with van der Waals surface area (Å²) in [5, 5.41) is 0. The topological polar surface area (TPSA) is 48.1 Å². The van der Waals surface area contributed by atoms with Gasteiger partial charge in [-0.25, -0.2) is 0 Å². The summed E-state index contributed by atoms with van der Waals surface area (Å²) in [6.45, 7) is 3.80. The predicted molar refractivity (Wildman–Crippen MR) is 87.9 cm³/mol. The SMILES string of the molecule is CSc1ccc(Oc2cc(C)nc(C)c2C(N)=S)cc1. The van der Waals surface area contributed by atoms with E-state index >= 15 is 0 Å². The van der Waals surface area contributed by atoms with Gasteiger partial charge in [0.1, 0.15) is 16.5 Å². The lowest BCUT2D eigenvalue weighted by Gasteiger charge is -2.13. The Morgan fingerprint density at radius 2 is 1.90 bits per heavy atom. The van der Waals surface area contributed by atoms with Gasteiger partial charge in [-0.2, -0.15) is 0 Å². The molecule has 0 bridgehead atoms. The molecule has 1 heterocycles. The van der Waals surface area contributed by atoms with Crippen molar-refractivity contribution in [1.29, 1.82) is 0 Å². The fourth-order valence-electron chi connectivity index (χ4n) is 1.94. The second kappa shape index (κ2) is 6.24. The first kappa shape index (κ1) is 14.8. The number of pyridine rings is 1. The van der Waals surface area contributed by atoms with Crippen LogP contribution in [0.1, 0.15) is 17.0 Å². The van der Waals surface area contributed by atoms with Crippen molar-refractivity contribution in [2.45, 2.75) is 18.7 Å². The van der Waals surface area contributed by atoms with Crippen LogP contribution in [0, 0.1) is 13.8 Å². The first-order chi connectivity index (χ1) is 9.51. The molecule has 0 saturated heterocycles. The summed E-state index contributed by atoms with van der Waals surface area (Å²) in [6, 6.07) is 9.74. The number of nitrogens with two attached hydrogens (primary N) is 1. The van der Waals surface area contributed by atoms with Crippen LogP contribution in [0.5, 0.6) is 11.5 Å². The van der Waals surface area contributed by atoms with Crippen molar-refractivity contribution in [3.63, 3.8) is 0 Å². The van der Waals surface area contributed by atoms with Crippen LogP contribution in [-0.2, 0) is 0 Å². The zero-order valence-corrected chi connectivity index (χ0v) is 13.3. The Labute approximate surface area is 128 Å². The van der Waals surface area contributed by atoms with Crippen molar-refractivity contribution < 1.29 is 4.74 Å². The minimum atomic E-state index is 0.297. The van der Waals surface area contributed by atoms with Gasteiger partial charge in [-0.05, 0) is 44.4 Å². The third-order valence-corrected chi connectivity index (χ3v) is 3.77. The molecule has 20 heavy (non-hydrogen) atoms. The van der Waals surface area contributed by atoms with Crippen molar-refractivity contribution >= 4 is 29.0 Å². The minimum absolute atomic E-state index is 0.297. The van der Waals surface area contributed by atoms with Gasteiger partial charge in [0.2, 0.25) is 0 Å². The van der Waals surface area contributed by atoms with E-state index in [1.54, 1.807) is 11.8 Å². The molecule has 0 spiro atoms. The molecule has 5 heteroatoms. The van der Waals surface area contributed by atoms with Gasteiger partial charge >= 0.3 is 0 Å². The number of hydrogen-bond acceptors (Lipinski definition) is 4. The molecule has 0 fully saturated rings. The zero-order chi connectivity index (χ0) is 14.7. The van der Waals surface area contributed by atoms with Gasteiger partial charge in [0, 0.05) is 16.7 Å². The molecule has 1 aromatic heterocycles. The lowest BCUT2D eigenvalue weighted by atomic mass is 10.1. The molecule has 2 rings (SSSR count). The maximum absolute atomic E-state index is 5.92. The molecular weight excluding hydrogens is 288 g/mol. The number of nitrogens with zero attached hydrogens (tertiary/aromatic N) is 1. The third kappa shape index (κ3) is 3.29. The minimum Gasteiger partial charge on any atom is -0.456 e. The van der Waals surface area contributed by atoms with Crippen LogP contribution in [0.4, 0.5) is 0 Å². The lowest BCUT2D eigenvalue weighted by Crippen LogP contribution is -2.14. The van der Waals surface area contributed by atoms with Gasteiger partial charge in [-0.3, -0.25) is 4.98 Å². The van der Waals surface area contributed by atoms with Crippen LogP contribution in [0.15, 0.2) is 35.2 Å². The van der Waals surface area contributed by atoms with Crippen molar-refractivity contribution in [2.24, 2.45) is 5.73 Å². The van der Waals surface area contributed by atoms with E-state index in [9.17, 15) is 0 Å². The summed E-state index contributed by atoms with van der Waals surface area (Å²) in [5.74, 6) is 1.41. The molecule has 0 unspecified atom stereocenters. The Balaban J connectivity index is 2.39. The van der Waals surface area contributed by atoms with E-state index in [1.807, 2.05) is 50.4 Å². The number of benzene rings is 1. The maximum Gasteiger partial charge on any atom is 0.141 e. The highest BCUT2D eigenvalue weighted by molar-refractivity contribution is 7.98. The summed E-state index contributed by atoms with van der Waals surface area (Å²) in [5.41, 5.74) is 8.13. The molecule has 0 radical (unpaired) electrons. The van der Waals surface area contributed by atoms with E-state index in [-0.39, 0.29) is 0 Å². The molecule has 0 aliphatic carbocycles. The molecule has 104 valence electrons. The van der Waals surface area contributed by atoms with Crippen molar-refractivity contribution in [3.8, 4) is 11.5 Å². The van der Waals surface area contributed by atoms with E-state index in [2.05, 4.69) is 4.98 Å². The van der Waals surface area contributed by atoms with Crippen molar-refractivity contribution in [3.05, 3.63) is 47.3 Å². The Morgan fingerprint density at radius 1 is 1.25 bits per heavy atom. The fraction of sp³-hybridized carbons (Fsp3) is 0.200. The van der Waals surface area contributed by atoms with Crippen LogP contribution < -0.4 is 10.5 Å². The number of aromatic nitrogens is 1. The Kier molecular flexibility index (Phi) is 4.62. The Morgan fingerprint density at radius 3 is 2.45 bits per heavy atom. The normalized spacial score (nSPS) is 10.3. The van der Waals surface area contributed by atoms with Crippen molar-refractivity contribution in [1.82, 2.24) is 4.98 Å². The van der Waals surface area contributed by atoms with E-state index in [0.29, 0.717) is 16.3 Å². The molecule has 0 amide bonds. The van der Waals surface area contributed by atoms with Crippen LogP contribution in [0.25, 0.3) is 0 Å². The van der Waals surface area contributed by atoms with Crippen LogP contribution in [0.2, 0.25) is 0 Å². The van der Waals surface area contributed by atoms with Crippen LogP contribution in [0.3, 0.4) is 0 Å². The fourth-order valence-corrected chi connectivity index (χ4v) is 2.60. The van der Waals surface area contributed by atoms with E-state index in [4.69, 9.17) is 22.7 Å². The second-order valence-electron chi connectivity index (χ2n) is 4.36. The number of thiocarbonyl (C=S) groups is 1. The summed E-state index contributed by atoms with van der Waals surface area (Å²) >= 11 is 6.78. The predicted octanol–water partition coefficient (Wildman–Crippen LogP) is 3.85. The quantitative estimate of drug-likeness (QED) is 0.687. The maximum atomic E-state index is 5.92. The highest BCUT2D eigenvalue weighted by atomic mass is 32.2. The molecule has 3 nitrogen and oxygen atoms in total. The standard InChI is InChI=1S/C15H16N2OS2/c1-9-8-13(14(15(16)19)10(2)17-9)18-11-4-6-12(20-3)7-5-11/h4-8H,1-3H3,(H2,16,19). The molecule has 0 aliphatic rings. The number of rotatable bonds is 4. The van der Waals surface area contributed by atoms with Gasteiger partial charge in [0.05, 0.1) is 11.3 Å². The number of ether oxygens (including phenoxy) is 1. The third-order valence-electron chi connectivity index (χ3n) is 2.83. The average molecular weight is 304 g/mol. The molecule has 0 atom stereocenters. The number of aryl methyl sites for hydroxylation is 2. The Hall–Kier alpha value is -1.59. The number of thioether (sulfide) groups is 1. The molecule has 2 N–H and O–H groups in total. The molecule has 1 aromatic carbocycles. The smallest absolute Gasteiger partial charge is 0.141 e. The van der Waals surface area contributed by atoms with Gasteiger partial charge in [0.25, 0.3) is 0 Å². The van der Waals surface area contributed by atoms with Crippen molar-refractivity contribution in [2.75, 3.05) is 6.26 Å². The first-order valence-corrected chi connectivity index (χ1v) is 7.74. The van der Waals surface area contributed by atoms with Crippen LogP contribution in [-0.4, -0.2) is 16.2 Å². The monoisotopic (exact) mass is 304 g/mol. The highest BCUT2D eigenvalue weighted by Crippen LogP contribution is 2.29. The lowest BCUT2D eigenvalue weighted by molar-refractivity contribution is 0.479. The van der Waals surface area contributed by atoms with Gasteiger partial charge in [-0.15, -0.1) is 11.8 Å². The number of hydrogen-bond donors (Lipinski definition) is 1. The summed E-state index contributed by atoms with van der Waals surface area (Å²) in [7, 11) is 0. The van der Waals surface area contributed by atoms with Gasteiger partial charge in [0.15, 0.2) is 0 Å². The Bertz CT molecular complexity index is 639. The zero-order valence-electron chi connectivity index (χ0n) is 11.6. The average Bonchev–Trinajstić information content (AvgIpc) is 2.38. The molecule has 0 saturated carbocycles.